The Morgan fingerprint density at radius 1 is 0.963 bits per heavy atom. The maximum atomic E-state index is 12.5. The topological polar surface area (TPSA) is 95.2 Å². The molecule has 0 saturated heterocycles. The number of urea groups is 1. The maximum Gasteiger partial charge on any atom is 0.319 e. The zero-order chi connectivity index (χ0) is 19.4. The van der Waals surface area contributed by atoms with Gasteiger partial charge < -0.3 is 25.7 Å². The first-order valence-corrected chi connectivity index (χ1v) is 8.60. The fraction of sp³-hybridized carbons (Fsp3) is 0.200. The largest absolute Gasteiger partial charge is 0.497 e. The summed E-state index contributed by atoms with van der Waals surface area (Å²) in [6.45, 7) is 3.77. The Morgan fingerprint density at radius 3 is 2.26 bits per heavy atom. The van der Waals surface area contributed by atoms with Gasteiger partial charge in [0.2, 0.25) is 0 Å². The van der Waals surface area contributed by atoms with E-state index in [2.05, 4.69) is 20.9 Å². The van der Waals surface area contributed by atoms with Crippen LogP contribution < -0.4 is 20.7 Å². The molecule has 7 nitrogen and oxygen atoms in total. The van der Waals surface area contributed by atoms with Crippen molar-refractivity contribution in [3.63, 3.8) is 0 Å². The van der Waals surface area contributed by atoms with Gasteiger partial charge in [0, 0.05) is 34.4 Å². The normalized spacial score (nSPS) is 10.7. The maximum absolute atomic E-state index is 12.5. The third kappa shape index (κ3) is 4.58. The molecule has 7 heteroatoms. The van der Waals surface area contributed by atoms with Crippen LogP contribution in [0.1, 0.15) is 24.3 Å². The molecule has 1 aromatic heterocycles. The van der Waals surface area contributed by atoms with E-state index in [9.17, 15) is 9.59 Å². The van der Waals surface area contributed by atoms with Gasteiger partial charge in [0.1, 0.15) is 11.4 Å². The molecule has 3 amide bonds. The molecule has 0 spiro atoms. The number of aromatic nitrogens is 1. The van der Waals surface area contributed by atoms with E-state index in [1.165, 1.54) is 0 Å². The molecule has 27 heavy (non-hydrogen) atoms. The Labute approximate surface area is 157 Å². The van der Waals surface area contributed by atoms with Gasteiger partial charge in [-0.05, 0) is 56.3 Å². The van der Waals surface area contributed by atoms with Crippen LogP contribution in [0.4, 0.5) is 16.2 Å². The molecule has 0 saturated carbocycles. The Bertz CT molecular complexity index is 961. The summed E-state index contributed by atoms with van der Waals surface area (Å²) in [6, 6.07) is 14.1. The second-order valence-electron chi connectivity index (χ2n) is 6.42. The third-order valence-corrected chi connectivity index (χ3v) is 3.89. The lowest BCUT2D eigenvalue weighted by Gasteiger charge is -2.10. The zero-order valence-corrected chi connectivity index (χ0v) is 15.4. The average Bonchev–Trinajstić information content (AvgIpc) is 3.06. The molecule has 2 aromatic carbocycles. The first kappa shape index (κ1) is 18.3. The molecule has 0 aliphatic heterocycles. The van der Waals surface area contributed by atoms with Crippen molar-refractivity contribution in [1.82, 2.24) is 10.3 Å². The molecule has 1 heterocycles. The zero-order valence-electron chi connectivity index (χ0n) is 15.4. The summed E-state index contributed by atoms with van der Waals surface area (Å²) in [5, 5.41) is 9.24. The number of aromatic amines is 1. The lowest BCUT2D eigenvalue weighted by Crippen LogP contribution is -2.34. The minimum absolute atomic E-state index is 0.0554. The Kier molecular flexibility index (Phi) is 5.30. The third-order valence-electron chi connectivity index (χ3n) is 3.89. The molecule has 0 radical (unpaired) electrons. The van der Waals surface area contributed by atoms with Crippen molar-refractivity contribution in [2.75, 3.05) is 17.7 Å². The Hall–Kier alpha value is -3.48. The standard InChI is InChI=1S/C20H22N4O3/c1-12(2)21-20(26)23-15-7-5-14(6-8-15)22-19(25)18-10-13-4-9-16(27-3)11-17(13)24-18/h4-12,24H,1-3H3,(H,22,25)(H2,21,23,26). The number of anilines is 2. The van der Waals surface area contributed by atoms with Crippen molar-refractivity contribution < 1.29 is 14.3 Å². The predicted octanol–water partition coefficient (Wildman–Crippen LogP) is 3.96. The van der Waals surface area contributed by atoms with E-state index in [0.29, 0.717) is 17.1 Å². The number of methoxy groups -OCH3 is 1. The second-order valence-corrected chi connectivity index (χ2v) is 6.42. The van der Waals surface area contributed by atoms with Crippen LogP contribution in [0.25, 0.3) is 10.9 Å². The molecule has 0 aliphatic rings. The Morgan fingerprint density at radius 2 is 1.63 bits per heavy atom. The van der Waals surface area contributed by atoms with E-state index >= 15 is 0 Å². The lowest BCUT2D eigenvalue weighted by molar-refractivity contribution is 0.102. The van der Waals surface area contributed by atoms with E-state index in [1.54, 1.807) is 37.4 Å². The molecular formula is C20H22N4O3. The van der Waals surface area contributed by atoms with Gasteiger partial charge in [0.15, 0.2) is 0 Å². The Balaban J connectivity index is 1.66. The molecule has 0 atom stereocenters. The van der Waals surface area contributed by atoms with Crippen molar-refractivity contribution in [3.05, 3.63) is 54.2 Å². The summed E-state index contributed by atoms with van der Waals surface area (Å²) in [4.78, 5) is 27.3. The van der Waals surface area contributed by atoms with Crippen molar-refractivity contribution in [1.29, 1.82) is 0 Å². The van der Waals surface area contributed by atoms with E-state index < -0.39 is 0 Å². The molecule has 3 rings (SSSR count). The summed E-state index contributed by atoms with van der Waals surface area (Å²) in [5.41, 5.74) is 2.56. The number of fused-ring (bicyclic) bond motifs is 1. The molecular weight excluding hydrogens is 344 g/mol. The van der Waals surface area contributed by atoms with Crippen LogP contribution >= 0.6 is 0 Å². The van der Waals surface area contributed by atoms with Gasteiger partial charge >= 0.3 is 6.03 Å². The first-order chi connectivity index (χ1) is 12.9. The lowest BCUT2D eigenvalue weighted by atomic mass is 10.2. The van der Waals surface area contributed by atoms with Crippen LogP contribution in [0, 0.1) is 0 Å². The molecule has 0 fully saturated rings. The number of carbonyl (C=O) groups is 2. The summed E-state index contributed by atoms with van der Waals surface area (Å²) in [6.07, 6.45) is 0. The van der Waals surface area contributed by atoms with Gasteiger partial charge in [-0.25, -0.2) is 4.79 Å². The SMILES string of the molecule is COc1ccc2cc(C(=O)Nc3ccc(NC(=O)NC(C)C)cc3)[nH]c2c1. The minimum Gasteiger partial charge on any atom is -0.497 e. The number of rotatable bonds is 5. The van der Waals surface area contributed by atoms with Crippen molar-refractivity contribution >= 4 is 34.2 Å². The van der Waals surface area contributed by atoms with Crippen molar-refractivity contribution in [3.8, 4) is 5.75 Å². The summed E-state index contributed by atoms with van der Waals surface area (Å²) >= 11 is 0. The van der Waals surface area contributed by atoms with Crippen LogP contribution in [0.3, 0.4) is 0 Å². The molecule has 0 aliphatic carbocycles. The fourth-order valence-corrected chi connectivity index (χ4v) is 2.62. The van der Waals surface area contributed by atoms with E-state index in [-0.39, 0.29) is 18.0 Å². The summed E-state index contributed by atoms with van der Waals surface area (Å²) in [5.74, 6) is 0.476. The fourth-order valence-electron chi connectivity index (χ4n) is 2.62. The summed E-state index contributed by atoms with van der Waals surface area (Å²) in [7, 11) is 1.60. The van der Waals surface area contributed by atoms with Crippen molar-refractivity contribution in [2.45, 2.75) is 19.9 Å². The van der Waals surface area contributed by atoms with Gasteiger partial charge in [-0.15, -0.1) is 0 Å². The molecule has 140 valence electrons. The van der Waals surface area contributed by atoms with Crippen molar-refractivity contribution in [2.24, 2.45) is 0 Å². The average molecular weight is 366 g/mol. The predicted molar refractivity (Wildman–Crippen MR) is 107 cm³/mol. The highest BCUT2D eigenvalue weighted by Gasteiger charge is 2.11. The number of nitrogens with one attached hydrogen (secondary N) is 4. The van der Waals surface area contributed by atoms with Gasteiger partial charge in [-0.1, -0.05) is 0 Å². The number of carbonyl (C=O) groups excluding carboxylic acids is 2. The van der Waals surface area contributed by atoms with Crippen LogP contribution in [0.15, 0.2) is 48.5 Å². The van der Waals surface area contributed by atoms with Gasteiger partial charge in [0.25, 0.3) is 5.91 Å². The van der Waals surface area contributed by atoms with Gasteiger partial charge in [-0.3, -0.25) is 4.79 Å². The number of hydrogen-bond acceptors (Lipinski definition) is 3. The van der Waals surface area contributed by atoms with Crippen LogP contribution in [0.2, 0.25) is 0 Å². The van der Waals surface area contributed by atoms with Crippen LogP contribution in [-0.4, -0.2) is 30.1 Å². The van der Waals surface area contributed by atoms with Crippen LogP contribution in [-0.2, 0) is 0 Å². The summed E-state index contributed by atoms with van der Waals surface area (Å²) < 4.78 is 5.19. The molecule has 0 unspecified atom stereocenters. The van der Waals surface area contributed by atoms with E-state index in [4.69, 9.17) is 4.74 Å². The quantitative estimate of drug-likeness (QED) is 0.550. The molecule has 0 bridgehead atoms. The number of hydrogen-bond donors (Lipinski definition) is 4. The highest BCUT2D eigenvalue weighted by atomic mass is 16.5. The number of ether oxygens (including phenoxy) is 1. The van der Waals surface area contributed by atoms with E-state index in [0.717, 1.165) is 16.7 Å². The number of H-pyrrole nitrogens is 1. The molecule has 3 aromatic rings. The van der Waals surface area contributed by atoms with E-state index in [1.807, 2.05) is 32.0 Å². The van der Waals surface area contributed by atoms with Crippen LogP contribution in [0.5, 0.6) is 5.75 Å². The highest BCUT2D eigenvalue weighted by molar-refractivity contribution is 6.06. The minimum atomic E-state index is -0.268. The smallest absolute Gasteiger partial charge is 0.319 e. The number of amides is 3. The van der Waals surface area contributed by atoms with Gasteiger partial charge in [-0.2, -0.15) is 0 Å². The second kappa shape index (κ2) is 7.82. The number of benzene rings is 2. The molecule has 4 N–H and O–H groups in total. The van der Waals surface area contributed by atoms with Gasteiger partial charge in [0.05, 0.1) is 7.11 Å². The highest BCUT2D eigenvalue weighted by Crippen LogP contribution is 2.22. The first-order valence-electron chi connectivity index (χ1n) is 8.60. The monoisotopic (exact) mass is 366 g/mol.